The predicted molar refractivity (Wildman–Crippen MR) is 180 cm³/mol. The number of carbonyl (C=O) groups excluding carboxylic acids is 1. The largest absolute Gasteiger partial charge is 0.508 e. The Hall–Kier alpha value is -3.17. The fraction of sp³-hybridized carbons (Fsp3) is 0.472. The number of aliphatic hydroxyl groups excluding tert-OH is 1. The van der Waals surface area contributed by atoms with E-state index in [0.29, 0.717) is 31.6 Å². The molecule has 0 aromatic heterocycles. The Morgan fingerprint density at radius 1 is 0.955 bits per heavy atom. The van der Waals surface area contributed by atoms with E-state index in [1.54, 1.807) is 6.07 Å². The van der Waals surface area contributed by atoms with Gasteiger partial charge in [0, 0.05) is 24.1 Å². The molecule has 1 unspecified atom stereocenters. The van der Waals surface area contributed by atoms with Crippen LogP contribution in [-0.4, -0.2) is 43.6 Å². The quantitative estimate of drug-likeness (QED) is 0.137. The predicted octanol–water partition coefficient (Wildman–Crippen LogP) is 6.45. The molecule has 0 heterocycles. The number of carbonyl (C=O) groups is 1. The first-order valence-corrected chi connectivity index (χ1v) is 18.6. The Kier molecular flexibility index (Phi) is 12.6. The molecule has 0 saturated heterocycles. The lowest BCUT2D eigenvalue weighted by molar-refractivity contribution is -0.121. The second-order valence-corrected chi connectivity index (χ2v) is 18.1. The maximum atomic E-state index is 12.5. The Balaban J connectivity index is 1.71. The van der Waals surface area contributed by atoms with E-state index >= 15 is 0 Å². The van der Waals surface area contributed by atoms with Crippen molar-refractivity contribution in [2.75, 3.05) is 13.2 Å². The van der Waals surface area contributed by atoms with Crippen molar-refractivity contribution in [2.24, 2.45) is 11.7 Å². The molecule has 3 aromatic rings. The number of primary amides is 1. The molecule has 44 heavy (non-hydrogen) atoms. The number of aromatic hydroxyl groups is 1. The summed E-state index contributed by atoms with van der Waals surface area (Å²) in [5.74, 6) is 0.221. The van der Waals surface area contributed by atoms with Gasteiger partial charge in [0.1, 0.15) is 11.5 Å². The number of rotatable bonds is 16. The van der Waals surface area contributed by atoms with Crippen LogP contribution in [0.3, 0.4) is 0 Å². The molecule has 0 aliphatic heterocycles. The minimum absolute atomic E-state index is 0.0297. The highest BCUT2D eigenvalue weighted by molar-refractivity contribution is 6.74. The van der Waals surface area contributed by atoms with Crippen LogP contribution in [0.25, 0.3) is 0 Å². The van der Waals surface area contributed by atoms with Crippen LogP contribution in [-0.2, 0) is 35.1 Å². The zero-order chi connectivity index (χ0) is 32.5. The number of nitrogens with two attached hydrogens (primary N) is 1. The summed E-state index contributed by atoms with van der Waals surface area (Å²) in [5.41, 5.74) is 10.5. The van der Waals surface area contributed by atoms with Gasteiger partial charge in [0.15, 0.2) is 8.32 Å². The van der Waals surface area contributed by atoms with Gasteiger partial charge >= 0.3 is 0 Å². The number of ether oxygens (including phenoxy) is 1. The fourth-order valence-electron chi connectivity index (χ4n) is 5.10. The van der Waals surface area contributed by atoms with Crippen molar-refractivity contribution in [3.05, 3.63) is 94.5 Å². The first-order valence-electron chi connectivity index (χ1n) is 15.7. The highest BCUT2D eigenvalue weighted by Gasteiger charge is 2.39. The molecule has 3 rings (SSSR count). The zero-order valence-corrected chi connectivity index (χ0v) is 28.5. The van der Waals surface area contributed by atoms with Crippen LogP contribution in [0.1, 0.15) is 68.5 Å². The van der Waals surface area contributed by atoms with Gasteiger partial charge in [0.2, 0.25) is 5.91 Å². The lowest BCUT2D eigenvalue weighted by Crippen LogP contribution is -2.44. The fourth-order valence-corrected chi connectivity index (χ4v) is 6.39. The van der Waals surface area contributed by atoms with Crippen LogP contribution in [0.2, 0.25) is 18.1 Å². The van der Waals surface area contributed by atoms with E-state index in [-0.39, 0.29) is 41.4 Å². The minimum Gasteiger partial charge on any atom is -0.508 e. The summed E-state index contributed by atoms with van der Waals surface area (Å²) >= 11 is 0. The molecule has 3 atom stereocenters. The van der Waals surface area contributed by atoms with Gasteiger partial charge in [-0.3, -0.25) is 4.79 Å². The summed E-state index contributed by atoms with van der Waals surface area (Å²) in [5, 5.41) is 23.6. The summed E-state index contributed by atoms with van der Waals surface area (Å²) in [6.45, 7) is 16.1. The molecule has 0 fully saturated rings. The summed E-state index contributed by atoms with van der Waals surface area (Å²) < 4.78 is 12.6. The van der Waals surface area contributed by atoms with Crippen molar-refractivity contribution >= 4 is 14.2 Å². The van der Waals surface area contributed by atoms with Crippen molar-refractivity contribution in [1.82, 2.24) is 5.32 Å². The molecule has 0 radical (unpaired) electrons. The van der Waals surface area contributed by atoms with E-state index in [2.05, 4.69) is 64.3 Å². The topological polar surface area (TPSA) is 114 Å². The molecule has 0 spiro atoms. The molecule has 0 bridgehead atoms. The molecule has 0 aliphatic carbocycles. The van der Waals surface area contributed by atoms with Crippen LogP contribution in [0.15, 0.2) is 66.7 Å². The minimum atomic E-state index is -2.12. The normalized spacial score (nSPS) is 14.2. The third-order valence-corrected chi connectivity index (χ3v) is 13.2. The molecule has 0 aliphatic rings. The second kappa shape index (κ2) is 15.7. The highest BCUT2D eigenvalue weighted by atomic mass is 28.4. The molecule has 7 nitrogen and oxygen atoms in total. The van der Waals surface area contributed by atoms with Gasteiger partial charge in [-0.1, -0.05) is 69.3 Å². The number of para-hydroxylation sites is 1. The van der Waals surface area contributed by atoms with Crippen LogP contribution in [0, 0.1) is 5.92 Å². The van der Waals surface area contributed by atoms with Crippen molar-refractivity contribution in [2.45, 2.75) is 90.8 Å². The standard InChI is InChI=1S/C36H52N2O5Si/c1-8-42-33-15-10-9-14-28(33)21-30(35(37)41)20-27-13-11-12-26(19-27)18-25(2)38-23-34(43-44(6,7)36(3,4)5)29-16-17-32(40)31(22-29)24-39/h9-17,19,22,25,30,34,38-40H,8,18,20-21,23-24H2,1-7H3,(H2,37,41)/t25-,30?,34+/m1/s1. The van der Waals surface area contributed by atoms with Gasteiger partial charge < -0.3 is 30.4 Å². The van der Waals surface area contributed by atoms with Crippen LogP contribution >= 0.6 is 0 Å². The SMILES string of the molecule is CCOc1ccccc1CC(Cc1cccc(C[C@@H](C)NC[C@H](O[Si](C)(C)C(C)(C)C)c2ccc(O)c(CO)c2)c1)C(N)=O. The van der Waals surface area contributed by atoms with Crippen molar-refractivity contribution < 1.29 is 24.2 Å². The second-order valence-electron chi connectivity index (χ2n) is 13.3. The van der Waals surface area contributed by atoms with E-state index in [1.165, 1.54) is 5.56 Å². The molecule has 5 N–H and O–H groups in total. The Morgan fingerprint density at radius 3 is 2.27 bits per heavy atom. The van der Waals surface area contributed by atoms with E-state index in [0.717, 1.165) is 28.9 Å². The summed E-state index contributed by atoms with van der Waals surface area (Å²) in [7, 11) is -2.12. The van der Waals surface area contributed by atoms with E-state index in [1.807, 2.05) is 49.4 Å². The Morgan fingerprint density at radius 2 is 1.64 bits per heavy atom. The molecule has 0 saturated carbocycles. The number of hydrogen-bond acceptors (Lipinski definition) is 6. The number of aliphatic hydroxyl groups is 1. The van der Waals surface area contributed by atoms with Crippen molar-refractivity contribution in [3.63, 3.8) is 0 Å². The first-order chi connectivity index (χ1) is 20.7. The van der Waals surface area contributed by atoms with E-state index in [9.17, 15) is 15.0 Å². The Bertz CT molecular complexity index is 1370. The number of nitrogens with one attached hydrogen (secondary N) is 1. The van der Waals surface area contributed by atoms with E-state index in [4.69, 9.17) is 14.9 Å². The molecule has 1 amide bonds. The maximum absolute atomic E-state index is 12.5. The highest BCUT2D eigenvalue weighted by Crippen LogP contribution is 2.40. The zero-order valence-electron chi connectivity index (χ0n) is 27.5. The van der Waals surface area contributed by atoms with Crippen LogP contribution in [0.4, 0.5) is 0 Å². The molecule has 3 aromatic carbocycles. The smallest absolute Gasteiger partial charge is 0.221 e. The van der Waals surface area contributed by atoms with Crippen LogP contribution in [0.5, 0.6) is 11.5 Å². The van der Waals surface area contributed by atoms with Gasteiger partial charge in [-0.2, -0.15) is 0 Å². The van der Waals surface area contributed by atoms with Crippen molar-refractivity contribution in [1.29, 1.82) is 0 Å². The lowest BCUT2D eigenvalue weighted by atomic mass is 9.90. The monoisotopic (exact) mass is 620 g/mol. The summed E-state index contributed by atoms with van der Waals surface area (Å²) in [6.07, 6.45) is 1.65. The number of benzene rings is 3. The summed E-state index contributed by atoms with van der Waals surface area (Å²) in [4.78, 5) is 12.5. The van der Waals surface area contributed by atoms with Crippen LogP contribution < -0.4 is 15.8 Å². The Labute approximate surface area is 264 Å². The first kappa shape index (κ1) is 35.3. The number of phenols is 1. The number of hydrogen-bond donors (Lipinski definition) is 4. The third kappa shape index (κ3) is 9.92. The van der Waals surface area contributed by atoms with Crippen molar-refractivity contribution in [3.8, 4) is 11.5 Å². The van der Waals surface area contributed by atoms with Gasteiger partial charge in [0.25, 0.3) is 0 Å². The van der Waals surface area contributed by atoms with Gasteiger partial charge in [-0.05, 0) is 91.7 Å². The van der Waals surface area contributed by atoms with E-state index < -0.39 is 8.32 Å². The summed E-state index contributed by atoms with van der Waals surface area (Å²) in [6, 6.07) is 21.7. The average molecular weight is 621 g/mol. The molecular weight excluding hydrogens is 568 g/mol. The molecular formula is C36H52N2O5Si. The lowest BCUT2D eigenvalue weighted by Gasteiger charge is -2.40. The van der Waals surface area contributed by atoms with Gasteiger partial charge in [0.05, 0.1) is 19.3 Å². The third-order valence-electron chi connectivity index (χ3n) is 8.70. The van der Waals surface area contributed by atoms with Gasteiger partial charge in [-0.15, -0.1) is 0 Å². The average Bonchev–Trinajstić information content (AvgIpc) is 2.96. The molecule has 240 valence electrons. The number of amides is 1. The maximum Gasteiger partial charge on any atom is 0.221 e. The van der Waals surface area contributed by atoms with Gasteiger partial charge in [-0.25, -0.2) is 0 Å². The molecule has 8 heteroatoms.